The molecule has 1 amide bonds. The highest BCUT2D eigenvalue weighted by molar-refractivity contribution is 5.76. The molecule has 2 atom stereocenters. The lowest BCUT2D eigenvalue weighted by Gasteiger charge is -2.22. The van der Waals surface area contributed by atoms with Gasteiger partial charge >= 0.3 is 5.97 Å². The van der Waals surface area contributed by atoms with E-state index in [0.717, 1.165) is 57.8 Å². The number of unbranched alkanes of at least 4 members (excludes halogenated alkanes) is 37. The summed E-state index contributed by atoms with van der Waals surface area (Å²) in [4.78, 5) is 24.5. The summed E-state index contributed by atoms with van der Waals surface area (Å²) in [5.74, 6) is -0.0564. The van der Waals surface area contributed by atoms with E-state index in [1.54, 1.807) is 0 Å². The molecule has 0 aromatic carbocycles. The largest absolute Gasteiger partial charge is 0.466 e. The molecule has 372 valence electrons. The van der Waals surface area contributed by atoms with Crippen molar-refractivity contribution >= 4 is 11.9 Å². The summed E-state index contributed by atoms with van der Waals surface area (Å²) >= 11 is 0. The Hall–Kier alpha value is -1.66. The lowest BCUT2D eigenvalue weighted by molar-refractivity contribution is -0.143. The lowest BCUT2D eigenvalue weighted by atomic mass is 10.0. The van der Waals surface area contributed by atoms with Crippen LogP contribution in [0.25, 0.3) is 0 Å². The molecule has 0 saturated carbocycles. The van der Waals surface area contributed by atoms with Crippen molar-refractivity contribution < 1.29 is 24.5 Å². The highest BCUT2D eigenvalue weighted by Crippen LogP contribution is 2.17. The Labute approximate surface area is 392 Å². The normalized spacial score (nSPS) is 12.8. The van der Waals surface area contributed by atoms with Crippen molar-refractivity contribution in [3.8, 4) is 0 Å². The van der Waals surface area contributed by atoms with E-state index in [1.807, 2.05) is 0 Å². The maximum absolute atomic E-state index is 12.5. The van der Waals surface area contributed by atoms with Gasteiger partial charge in [-0.3, -0.25) is 9.59 Å². The number of esters is 1. The van der Waals surface area contributed by atoms with E-state index in [1.165, 1.54) is 212 Å². The number of ether oxygens (including phenoxy) is 1. The minimum atomic E-state index is -0.671. The summed E-state index contributed by atoms with van der Waals surface area (Å²) < 4.78 is 5.45. The zero-order chi connectivity index (χ0) is 45.8. The van der Waals surface area contributed by atoms with Gasteiger partial charge in [0.15, 0.2) is 0 Å². The first-order chi connectivity index (χ1) is 31.0. The summed E-state index contributed by atoms with van der Waals surface area (Å²) in [5, 5.41) is 23.3. The molecule has 0 radical (unpaired) electrons. The summed E-state index contributed by atoms with van der Waals surface area (Å²) in [6.45, 7) is 4.88. The van der Waals surface area contributed by atoms with Gasteiger partial charge in [-0.1, -0.05) is 263 Å². The number of aliphatic hydroxyl groups excluding tert-OH is 2. The minimum Gasteiger partial charge on any atom is -0.466 e. The average molecular weight is 889 g/mol. The number of nitrogens with one attached hydrogen (secondary N) is 1. The number of hydrogen-bond acceptors (Lipinski definition) is 5. The van der Waals surface area contributed by atoms with Gasteiger partial charge in [0.1, 0.15) is 0 Å². The third-order valence-electron chi connectivity index (χ3n) is 13.0. The number of aliphatic hydroxyl groups is 2. The molecule has 63 heavy (non-hydrogen) atoms. The lowest BCUT2D eigenvalue weighted by Crippen LogP contribution is -2.45. The molecule has 0 saturated heterocycles. The monoisotopic (exact) mass is 888 g/mol. The summed E-state index contributed by atoms with van der Waals surface area (Å²) in [5.41, 5.74) is 0. The molecule has 0 aromatic heterocycles. The first kappa shape index (κ1) is 61.3. The Morgan fingerprint density at radius 1 is 0.444 bits per heavy atom. The predicted molar refractivity (Wildman–Crippen MR) is 273 cm³/mol. The zero-order valence-electron chi connectivity index (χ0n) is 42.3. The number of hydrogen-bond donors (Lipinski definition) is 3. The van der Waals surface area contributed by atoms with Gasteiger partial charge in [0.05, 0.1) is 25.4 Å². The Morgan fingerprint density at radius 2 is 0.825 bits per heavy atom. The second-order valence-corrected chi connectivity index (χ2v) is 19.3. The summed E-state index contributed by atoms with van der Waals surface area (Å²) in [6.07, 6.45) is 63.0. The molecular formula is C57H109NO5. The van der Waals surface area contributed by atoms with Crippen LogP contribution < -0.4 is 5.32 Å². The van der Waals surface area contributed by atoms with Gasteiger partial charge in [0.25, 0.3) is 0 Å². The van der Waals surface area contributed by atoms with Crippen LogP contribution in [0.5, 0.6) is 0 Å². The van der Waals surface area contributed by atoms with Crippen LogP contribution >= 0.6 is 0 Å². The maximum atomic E-state index is 12.5. The Morgan fingerprint density at radius 3 is 1.27 bits per heavy atom. The first-order valence-electron chi connectivity index (χ1n) is 28.1. The van der Waals surface area contributed by atoms with Crippen LogP contribution in [0.4, 0.5) is 0 Å². The molecule has 0 rings (SSSR count). The van der Waals surface area contributed by atoms with Crippen LogP contribution in [0.1, 0.15) is 303 Å². The van der Waals surface area contributed by atoms with Crippen LogP contribution in [-0.2, 0) is 14.3 Å². The molecule has 0 fully saturated rings. The third kappa shape index (κ3) is 49.6. The van der Waals surface area contributed by atoms with Crippen LogP contribution in [0, 0.1) is 0 Å². The van der Waals surface area contributed by atoms with Gasteiger partial charge in [0.2, 0.25) is 5.91 Å². The molecular weight excluding hydrogens is 779 g/mol. The van der Waals surface area contributed by atoms with Crippen molar-refractivity contribution in [2.45, 2.75) is 315 Å². The average Bonchev–Trinajstić information content (AvgIpc) is 3.28. The quantitative estimate of drug-likeness (QED) is 0.0321. The van der Waals surface area contributed by atoms with Gasteiger partial charge < -0.3 is 20.3 Å². The fourth-order valence-electron chi connectivity index (χ4n) is 8.68. The predicted octanol–water partition coefficient (Wildman–Crippen LogP) is 17.1. The van der Waals surface area contributed by atoms with E-state index in [2.05, 4.69) is 43.5 Å². The summed E-state index contributed by atoms with van der Waals surface area (Å²) in [6, 6.07) is -0.548. The molecule has 0 bridgehead atoms. The standard InChI is InChI=1S/C57H109NO5/c1-3-5-7-9-11-13-15-17-18-19-20-22-26-29-33-37-41-45-49-55(60)54(53-59)58-56(61)50-46-42-38-34-30-27-23-21-24-28-32-36-40-44-48-52-63-57(62)51-47-43-39-35-31-25-16-14-12-10-8-6-4-2/h8,10,14,16,54-55,59-60H,3-7,9,11-13,15,17-53H2,1-2H3,(H,58,61)/b10-8-,16-14-. The van der Waals surface area contributed by atoms with Crippen molar-refractivity contribution in [1.82, 2.24) is 5.32 Å². The maximum Gasteiger partial charge on any atom is 0.305 e. The first-order valence-corrected chi connectivity index (χ1v) is 28.1. The van der Waals surface area contributed by atoms with E-state index < -0.39 is 12.1 Å². The molecule has 0 aliphatic rings. The van der Waals surface area contributed by atoms with Crippen molar-refractivity contribution in [2.24, 2.45) is 0 Å². The van der Waals surface area contributed by atoms with Gasteiger partial charge in [-0.05, 0) is 51.4 Å². The van der Waals surface area contributed by atoms with Gasteiger partial charge in [0, 0.05) is 12.8 Å². The van der Waals surface area contributed by atoms with Crippen LogP contribution in [0.15, 0.2) is 24.3 Å². The molecule has 0 heterocycles. The van der Waals surface area contributed by atoms with E-state index in [4.69, 9.17) is 4.74 Å². The van der Waals surface area contributed by atoms with E-state index >= 15 is 0 Å². The topological polar surface area (TPSA) is 95.9 Å². The Balaban J connectivity index is 3.44. The zero-order valence-corrected chi connectivity index (χ0v) is 42.3. The molecule has 6 nitrogen and oxygen atoms in total. The number of carbonyl (C=O) groups excluding carboxylic acids is 2. The highest BCUT2D eigenvalue weighted by atomic mass is 16.5. The SMILES string of the molecule is CCC/C=C\C/C=C\CCCCCCCC(=O)OCCCCCCCCCCCCCCCCCC(=O)NC(CO)C(O)CCCCCCCCCCCCCCCCCCCC. The molecule has 0 spiro atoms. The Kier molecular flexibility index (Phi) is 51.6. The second-order valence-electron chi connectivity index (χ2n) is 19.3. The van der Waals surface area contributed by atoms with Gasteiger partial charge in [-0.25, -0.2) is 0 Å². The van der Waals surface area contributed by atoms with E-state index in [0.29, 0.717) is 25.9 Å². The molecule has 0 aliphatic heterocycles. The molecule has 0 aromatic rings. The number of rotatable bonds is 52. The van der Waals surface area contributed by atoms with Crippen LogP contribution in [0.3, 0.4) is 0 Å². The second kappa shape index (κ2) is 53.0. The van der Waals surface area contributed by atoms with Crippen molar-refractivity contribution in [3.63, 3.8) is 0 Å². The molecule has 2 unspecified atom stereocenters. The van der Waals surface area contributed by atoms with Gasteiger partial charge in [-0.15, -0.1) is 0 Å². The van der Waals surface area contributed by atoms with E-state index in [-0.39, 0.29) is 18.5 Å². The highest BCUT2D eigenvalue weighted by Gasteiger charge is 2.20. The van der Waals surface area contributed by atoms with Gasteiger partial charge in [-0.2, -0.15) is 0 Å². The minimum absolute atomic E-state index is 0.0143. The fraction of sp³-hybridized carbons (Fsp3) is 0.895. The molecule has 6 heteroatoms. The smallest absolute Gasteiger partial charge is 0.305 e. The van der Waals surface area contributed by atoms with Crippen molar-refractivity contribution in [1.29, 1.82) is 0 Å². The van der Waals surface area contributed by atoms with Crippen LogP contribution in [0.2, 0.25) is 0 Å². The molecule has 3 N–H and O–H groups in total. The molecule has 0 aliphatic carbocycles. The van der Waals surface area contributed by atoms with Crippen LogP contribution in [-0.4, -0.2) is 47.4 Å². The third-order valence-corrected chi connectivity index (χ3v) is 13.0. The summed E-state index contributed by atoms with van der Waals surface area (Å²) in [7, 11) is 0. The Bertz CT molecular complexity index is 982. The van der Waals surface area contributed by atoms with Crippen molar-refractivity contribution in [3.05, 3.63) is 24.3 Å². The van der Waals surface area contributed by atoms with E-state index in [9.17, 15) is 19.8 Å². The number of amides is 1. The van der Waals surface area contributed by atoms with Crippen molar-refractivity contribution in [2.75, 3.05) is 13.2 Å². The number of allylic oxidation sites excluding steroid dienone is 4. The fourth-order valence-corrected chi connectivity index (χ4v) is 8.68. The number of carbonyl (C=O) groups is 2.